The maximum absolute atomic E-state index is 11.7. The quantitative estimate of drug-likeness (QED) is 0.802. The summed E-state index contributed by atoms with van der Waals surface area (Å²) in [6, 6.07) is 5.57. The van der Waals surface area contributed by atoms with E-state index in [1.807, 2.05) is 32.0 Å². The summed E-state index contributed by atoms with van der Waals surface area (Å²) in [7, 11) is 2.97. The average Bonchev–Trinajstić information content (AvgIpc) is 2.27. The lowest BCUT2D eigenvalue weighted by Gasteiger charge is -2.24. The number of esters is 1. The average molecular weight is 287 g/mol. The molecule has 1 rings (SSSR count). The second kappa shape index (κ2) is 4.87. The predicted octanol–water partition coefficient (Wildman–Crippen LogP) is 2.91. The zero-order valence-electron chi connectivity index (χ0n) is 9.83. The zero-order valence-corrected chi connectivity index (χ0v) is 11.4. The molecule has 0 saturated heterocycles. The monoisotopic (exact) mass is 286 g/mol. The molecule has 0 aliphatic heterocycles. The molecule has 0 saturated carbocycles. The summed E-state index contributed by atoms with van der Waals surface area (Å²) < 4.78 is 11.0. The lowest BCUT2D eigenvalue weighted by Crippen LogP contribution is -2.30. The van der Waals surface area contributed by atoms with Crippen LogP contribution in [0.5, 0.6) is 5.75 Å². The van der Waals surface area contributed by atoms with E-state index in [9.17, 15) is 4.79 Å². The van der Waals surface area contributed by atoms with Gasteiger partial charge in [0.2, 0.25) is 0 Å². The fourth-order valence-electron chi connectivity index (χ4n) is 1.53. The smallest absolute Gasteiger partial charge is 0.315 e. The van der Waals surface area contributed by atoms with E-state index in [4.69, 9.17) is 9.47 Å². The SMILES string of the molecule is COC(=O)C(C)(C)c1cc(Br)ccc1OC. The molecule has 0 atom stereocenters. The number of rotatable bonds is 3. The first-order valence-electron chi connectivity index (χ1n) is 4.86. The number of carbonyl (C=O) groups is 1. The molecule has 0 N–H and O–H groups in total. The molecule has 0 unspecified atom stereocenters. The molecule has 0 aromatic heterocycles. The molecular formula is C12H15BrO3. The van der Waals surface area contributed by atoms with Gasteiger partial charge in [0.1, 0.15) is 5.75 Å². The Morgan fingerprint density at radius 1 is 1.31 bits per heavy atom. The summed E-state index contributed by atoms with van der Waals surface area (Å²) in [5.41, 5.74) is 0.0698. The van der Waals surface area contributed by atoms with Gasteiger partial charge in [0, 0.05) is 10.0 Å². The Bertz CT molecular complexity index is 399. The van der Waals surface area contributed by atoms with E-state index in [-0.39, 0.29) is 5.97 Å². The van der Waals surface area contributed by atoms with Gasteiger partial charge in [-0.25, -0.2) is 0 Å². The van der Waals surface area contributed by atoms with Gasteiger partial charge < -0.3 is 9.47 Å². The highest BCUT2D eigenvalue weighted by molar-refractivity contribution is 9.10. The van der Waals surface area contributed by atoms with Crippen LogP contribution in [0.2, 0.25) is 0 Å². The number of methoxy groups -OCH3 is 2. The molecule has 0 radical (unpaired) electrons. The Morgan fingerprint density at radius 3 is 2.44 bits per heavy atom. The second-order valence-corrected chi connectivity index (χ2v) is 4.88. The zero-order chi connectivity index (χ0) is 12.3. The van der Waals surface area contributed by atoms with Crippen molar-refractivity contribution in [1.82, 2.24) is 0 Å². The molecule has 4 heteroatoms. The molecule has 0 amide bonds. The van der Waals surface area contributed by atoms with E-state index in [1.54, 1.807) is 7.11 Å². The number of hydrogen-bond donors (Lipinski definition) is 0. The Morgan fingerprint density at radius 2 is 1.94 bits per heavy atom. The minimum absolute atomic E-state index is 0.288. The van der Waals surface area contributed by atoms with Crippen LogP contribution in [-0.4, -0.2) is 20.2 Å². The number of carbonyl (C=O) groups excluding carboxylic acids is 1. The highest BCUT2D eigenvalue weighted by Crippen LogP contribution is 2.34. The fourth-order valence-corrected chi connectivity index (χ4v) is 1.89. The van der Waals surface area contributed by atoms with Crippen molar-refractivity contribution in [1.29, 1.82) is 0 Å². The third-order valence-corrected chi connectivity index (χ3v) is 3.02. The van der Waals surface area contributed by atoms with Gasteiger partial charge in [-0.05, 0) is 32.0 Å². The third-order valence-electron chi connectivity index (χ3n) is 2.53. The lowest BCUT2D eigenvalue weighted by molar-refractivity contribution is -0.146. The van der Waals surface area contributed by atoms with Gasteiger partial charge in [-0.3, -0.25) is 4.79 Å². The van der Waals surface area contributed by atoms with Crippen molar-refractivity contribution in [2.75, 3.05) is 14.2 Å². The summed E-state index contributed by atoms with van der Waals surface area (Å²) in [4.78, 5) is 11.7. The minimum atomic E-state index is -0.732. The molecule has 3 nitrogen and oxygen atoms in total. The van der Waals surface area contributed by atoms with E-state index in [0.29, 0.717) is 5.75 Å². The maximum atomic E-state index is 11.7. The van der Waals surface area contributed by atoms with Crippen molar-refractivity contribution in [3.8, 4) is 5.75 Å². The van der Waals surface area contributed by atoms with Crippen molar-refractivity contribution in [2.24, 2.45) is 0 Å². The standard InChI is InChI=1S/C12H15BrO3/c1-12(2,11(14)16-4)9-7-8(13)5-6-10(9)15-3/h5-7H,1-4H3. The van der Waals surface area contributed by atoms with Crippen LogP contribution in [0.4, 0.5) is 0 Å². The Hall–Kier alpha value is -1.03. The van der Waals surface area contributed by atoms with Gasteiger partial charge in [-0.15, -0.1) is 0 Å². The second-order valence-electron chi connectivity index (χ2n) is 3.96. The topological polar surface area (TPSA) is 35.5 Å². The van der Waals surface area contributed by atoms with E-state index < -0.39 is 5.41 Å². The molecule has 88 valence electrons. The Kier molecular flexibility index (Phi) is 3.97. The molecule has 1 aromatic rings. The first kappa shape index (κ1) is 13.0. The summed E-state index contributed by atoms with van der Waals surface area (Å²) in [6.45, 7) is 3.62. The number of hydrogen-bond acceptors (Lipinski definition) is 3. The van der Waals surface area contributed by atoms with Gasteiger partial charge in [-0.1, -0.05) is 15.9 Å². The van der Waals surface area contributed by atoms with Crippen LogP contribution in [-0.2, 0) is 14.9 Å². The maximum Gasteiger partial charge on any atom is 0.315 e. The van der Waals surface area contributed by atoms with Gasteiger partial charge in [0.05, 0.1) is 19.6 Å². The van der Waals surface area contributed by atoms with Crippen LogP contribution in [0.15, 0.2) is 22.7 Å². The van der Waals surface area contributed by atoms with Crippen molar-refractivity contribution >= 4 is 21.9 Å². The van der Waals surface area contributed by atoms with E-state index in [1.165, 1.54) is 7.11 Å². The van der Waals surface area contributed by atoms with Gasteiger partial charge in [-0.2, -0.15) is 0 Å². The Balaban J connectivity index is 3.30. The molecule has 0 heterocycles. The van der Waals surface area contributed by atoms with Crippen molar-refractivity contribution in [2.45, 2.75) is 19.3 Å². The first-order valence-corrected chi connectivity index (χ1v) is 5.65. The molecule has 0 aliphatic rings. The molecule has 0 fully saturated rings. The summed E-state index contributed by atoms with van der Waals surface area (Å²) in [6.07, 6.45) is 0. The molecular weight excluding hydrogens is 272 g/mol. The van der Waals surface area contributed by atoms with Crippen molar-refractivity contribution in [3.63, 3.8) is 0 Å². The summed E-state index contributed by atoms with van der Waals surface area (Å²) in [5, 5.41) is 0. The highest BCUT2D eigenvalue weighted by Gasteiger charge is 2.33. The van der Waals surface area contributed by atoms with Crippen molar-refractivity contribution in [3.05, 3.63) is 28.2 Å². The highest BCUT2D eigenvalue weighted by atomic mass is 79.9. The van der Waals surface area contributed by atoms with Crippen LogP contribution in [0.3, 0.4) is 0 Å². The molecule has 0 bridgehead atoms. The van der Waals surface area contributed by atoms with Crippen LogP contribution in [0, 0.1) is 0 Å². The van der Waals surface area contributed by atoms with E-state index in [2.05, 4.69) is 15.9 Å². The van der Waals surface area contributed by atoms with Gasteiger partial charge in [0.15, 0.2) is 0 Å². The normalized spacial score (nSPS) is 11.1. The third kappa shape index (κ3) is 2.38. The molecule has 16 heavy (non-hydrogen) atoms. The van der Waals surface area contributed by atoms with Crippen LogP contribution >= 0.6 is 15.9 Å². The van der Waals surface area contributed by atoms with E-state index >= 15 is 0 Å². The summed E-state index contributed by atoms with van der Waals surface area (Å²) in [5.74, 6) is 0.391. The van der Waals surface area contributed by atoms with Gasteiger partial charge in [0.25, 0.3) is 0 Å². The lowest BCUT2D eigenvalue weighted by atomic mass is 9.84. The molecule has 0 spiro atoms. The predicted molar refractivity (Wildman–Crippen MR) is 65.7 cm³/mol. The summed E-state index contributed by atoms with van der Waals surface area (Å²) >= 11 is 3.38. The van der Waals surface area contributed by atoms with Crippen molar-refractivity contribution < 1.29 is 14.3 Å². The number of halogens is 1. The van der Waals surface area contributed by atoms with Crippen LogP contribution in [0.1, 0.15) is 19.4 Å². The van der Waals surface area contributed by atoms with Crippen LogP contribution < -0.4 is 4.74 Å². The first-order chi connectivity index (χ1) is 7.43. The largest absolute Gasteiger partial charge is 0.496 e. The Labute approximate surface area is 104 Å². The van der Waals surface area contributed by atoms with E-state index in [0.717, 1.165) is 10.0 Å². The fraction of sp³-hybridized carbons (Fsp3) is 0.417. The number of benzene rings is 1. The molecule has 0 aliphatic carbocycles. The molecule has 1 aromatic carbocycles. The minimum Gasteiger partial charge on any atom is -0.496 e. The number of ether oxygens (including phenoxy) is 2. The van der Waals surface area contributed by atoms with Crippen LogP contribution in [0.25, 0.3) is 0 Å². The van der Waals surface area contributed by atoms with Gasteiger partial charge >= 0.3 is 5.97 Å².